The van der Waals surface area contributed by atoms with Gasteiger partial charge in [0.1, 0.15) is 4.83 Å². The number of nitrogens with one attached hydrogen (secondary N) is 1. The number of halogens is 3. The molecule has 0 spiro atoms. The second kappa shape index (κ2) is 7.28. The third-order valence-corrected chi connectivity index (χ3v) is 6.00. The largest absolute Gasteiger partial charge is 0.435 e. The van der Waals surface area contributed by atoms with Crippen molar-refractivity contribution in [3.63, 3.8) is 0 Å². The molecular weight excluding hydrogens is 415 g/mol. The van der Waals surface area contributed by atoms with Gasteiger partial charge < -0.3 is 5.32 Å². The van der Waals surface area contributed by atoms with Gasteiger partial charge in [0.05, 0.1) is 28.5 Å². The van der Waals surface area contributed by atoms with Gasteiger partial charge in [-0.25, -0.2) is 0 Å². The molecule has 0 radical (unpaired) electrons. The van der Waals surface area contributed by atoms with Crippen LogP contribution >= 0.6 is 11.3 Å². The minimum atomic E-state index is -4.58. The Morgan fingerprint density at radius 3 is 2.53 bits per heavy atom. The summed E-state index contributed by atoms with van der Waals surface area (Å²) in [5.74, 6) is -0.477. The summed E-state index contributed by atoms with van der Waals surface area (Å²) in [6.07, 6.45) is -4.58. The maximum absolute atomic E-state index is 13.2. The molecule has 0 unspecified atom stereocenters. The Morgan fingerprint density at radius 1 is 1.17 bits per heavy atom. The van der Waals surface area contributed by atoms with E-state index in [1.54, 1.807) is 11.6 Å². The smallest absolute Gasteiger partial charge is 0.318 e. The first-order valence-corrected chi connectivity index (χ1v) is 9.90. The molecule has 10 heteroatoms. The molecule has 156 valence electrons. The quantitative estimate of drug-likeness (QED) is 0.504. The van der Waals surface area contributed by atoms with Crippen LogP contribution in [0.4, 0.5) is 18.9 Å². The lowest BCUT2D eigenvalue weighted by atomic mass is 10.2. The molecule has 1 N–H and O–H groups in total. The summed E-state index contributed by atoms with van der Waals surface area (Å²) in [7, 11) is 1.43. The number of aryl methyl sites for hydroxylation is 2. The minimum absolute atomic E-state index is 0.0756. The van der Waals surface area contributed by atoms with Crippen molar-refractivity contribution in [2.24, 2.45) is 7.05 Å². The lowest BCUT2D eigenvalue weighted by molar-refractivity contribution is -0.140. The van der Waals surface area contributed by atoms with Crippen molar-refractivity contribution in [2.75, 3.05) is 5.32 Å². The predicted octanol–water partition coefficient (Wildman–Crippen LogP) is 4.77. The number of hydrogen-bond donors (Lipinski definition) is 1. The number of aromatic nitrogens is 4. The van der Waals surface area contributed by atoms with Crippen LogP contribution in [0.25, 0.3) is 10.2 Å². The Balaban J connectivity index is 1.61. The van der Waals surface area contributed by atoms with E-state index in [4.69, 9.17) is 0 Å². The second-order valence-corrected chi connectivity index (χ2v) is 7.97. The summed E-state index contributed by atoms with van der Waals surface area (Å²) < 4.78 is 42.5. The topological polar surface area (TPSA) is 64.7 Å². The fourth-order valence-electron chi connectivity index (χ4n) is 3.33. The standard InChI is InChI=1S/C20H18F3N5OS/c1-11-16(12(2)28(25-11)10-13-7-5-4-6-8-13)24-18(29)15-9-14-17(20(21,22)23)26-27(3)19(14)30-15/h4-9H,10H2,1-3H3,(H,24,29). The second-order valence-electron chi connectivity index (χ2n) is 6.94. The monoisotopic (exact) mass is 433 g/mol. The fourth-order valence-corrected chi connectivity index (χ4v) is 4.29. The van der Waals surface area contributed by atoms with Crippen LogP contribution in [0.5, 0.6) is 0 Å². The molecule has 1 amide bonds. The highest BCUT2D eigenvalue weighted by Crippen LogP contribution is 2.37. The zero-order chi connectivity index (χ0) is 21.6. The third kappa shape index (κ3) is 3.58. The maximum atomic E-state index is 13.2. The number of alkyl halides is 3. The number of anilines is 1. The number of nitrogens with zero attached hydrogens (tertiary/aromatic N) is 4. The summed E-state index contributed by atoms with van der Waals surface area (Å²) in [6, 6.07) is 11.0. The number of thiophene rings is 1. The van der Waals surface area contributed by atoms with Crippen LogP contribution in [0, 0.1) is 13.8 Å². The van der Waals surface area contributed by atoms with Gasteiger partial charge in [-0.3, -0.25) is 14.2 Å². The molecule has 0 bridgehead atoms. The number of hydrogen-bond acceptors (Lipinski definition) is 4. The average Bonchev–Trinajstić information content (AvgIpc) is 3.32. The van der Waals surface area contributed by atoms with Crippen molar-refractivity contribution in [2.45, 2.75) is 26.6 Å². The molecular formula is C20H18F3N5OS. The molecule has 6 nitrogen and oxygen atoms in total. The van der Waals surface area contributed by atoms with E-state index in [0.29, 0.717) is 22.8 Å². The zero-order valence-electron chi connectivity index (χ0n) is 16.4. The van der Waals surface area contributed by atoms with Crippen LogP contribution in [0.3, 0.4) is 0 Å². The van der Waals surface area contributed by atoms with Gasteiger partial charge >= 0.3 is 6.18 Å². The Hall–Kier alpha value is -3.14. The van der Waals surface area contributed by atoms with E-state index in [0.717, 1.165) is 27.3 Å². The Labute approximate surface area is 173 Å². The lowest BCUT2D eigenvalue weighted by Crippen LogP contribution is -2.12. The van der Waals surface area contributed by atoms with Gasteiger partial charge in [0.25, 0.3) is 5.91 Å². The first kappa shape index (κ1) is 20.1. The van der Waals surface area contributed by atoms with Crippen molar-refractivity contribution >= 4 is 33.1 Å². The van der Waals surface area contributed by atoms with E-state index in [1.165, 1.54) is 13.1 Å². The fraction of sp³-hybridized carbons (Fsp3) is 0.250. The number of benzene rings is 1. The number of carbonyl (C=O) groups is 1. The molecule has 0 atom stereocenters. The number of amides is 1. The highest BCUT2D eigenvalue weighted by molar-refractivity contribution is 7.20. The summed E-state index contributed by atoms with van der Waals surface area (Å²) >= 11 is 0.971. The molecule has 0 aliphatic rings. The predicted molar refractivity (Wildman–Crippen MR) is 109 cm³/mol. The Kier molecular flexibility index (Phi) is 4.89. The summed E-state index contributed by atoms with van der Waals surface area (Å²) in [5, 5.41) is 10.8. The first-order chi connectivity index (χ1) is 14.1. The van der Waals surface area contributed by atoms with E-state index >= 15 is 0 Å². The van der Waals surface area contributed by atoms with Crippen molar-refractivity contribution in [1.82, 2.24) is 19.6 Å². The molecule has 0 aliphatic heterocycles. The first-order valence-electron chi connectivity index (χ1n) is 9.08. The molecule has 4 aromatic rings. The Bertz CT molecular complexity index is 1240. The SMILES string of the molecule is Cc1nn(Cc2ccccc2)c(C)c1NC(=O)c1cc2c(C(F)(F)F)nn(C)c2s1. The minimum Gasteiger partial charge on any atom is -0.318 e. The highest BCUT2D eigenvalue weighted by atomic mass is 32.1. The highest BCUT2D eigenvalue weighted by Gasteiger charge is 2.37. The van der Waals surface area contributed by atoms with Gasteiger partial charge in [-0.1, -0.05) is 30.3 Å². The molecule has 4 rings (SSSR count). The third-order valence-electron chi connectivity index (χ3n) is 4.80. The lowest BCUT2D eigenvalue weighted by Gasteiger charge is -2.07. The number of rotatable bonds is 4. The van der Waals surface area contributed by atoms with Crippen LogP contribution in [-0.2, 0) is 19.8 Å². The van der Waals surface area contributed by atoms with E-state index in [1.807, 2.05) is 37.3 Å². The molecule has 0 saturated heterocycles. The summed E-state index contributed by atoms with van der Waals surface area (Å²) in [5.41, 5.74) is 2.04. The van der Waals surface area contributed by atoms with E-state index < -0.39 is 17.8 Å². The van der Waals surface area contributed by atoms with Gasteiger partial charge in [0.15, 0.2) is 5.69 Å². The van der Waals surface area contributed by atoms with Crippen molar-refractivity contribution in [3.8, 4) is 0 Å². The number of fused-ring (bicyclic) bond motifs is 1. The molecule has 0 fully saturated rings. The number of carbonyl (C=O) groups excluding carboxylic acids is 1. The van der Waals surface area contributed by atoms with Gasteiger partial charge in [0, 0.05) is 12.4 Å². The summed E-state index contributed by atoms with van der Waals surface area (Å²) in [6.45, 7) is 4.17. The maximum Gasteiger partial charge on any atom is 0.435 e. The van der Waals surface area contributed by atoms with Crippen molar-refractivity contribution in [3.05, 3.63) is 63.9 Å². The molecule has 0 aliphatic carbocycles. The van der Waals surface area contributed by atoms with E-state index in [-0.39, 0.29) is 10.3 Å². The van der Waals surface area contributed by atoms with Gasteiger partial charge in [-0.05, 0) is 25.5 Å². The van der Waals surface area contributed by atoms with Crippen LogP contribution < -0.4 is 5.32 Å². The Morgan fingerprint density at radius 2 is 1.87 bits per heavy atom. The summed E-state index contributed by atoms with van der Waals surface area (Å²) in [4.78, 5) is 13.2. The molecule has 0 saturated carbocycles. The van der Waals surface area contributed by atoms with Gasteiger partial charge in [0.2, 0.25) is 0 Å². The van der Waals surface area contributed by atoms with E-state index in [9.17, 15) is 18.0 Å². The van der Waals surface area contributed by atoms with Crippen LogP contribution in [0.1, 0.15) is 32.3 Å². The van der Waals surface area contributed by atoms with Crippen molar-refractivity contribution < 1.29 is 18.0 Å². The molecule has 3 heterocycles. The van der Waals surface area contributed by atoms with Crippen LogP contribution in [0.2, 0.25) is 0 Å². The van der Waals surface area contributed by atoms with Gasteiger partial charge in [-0.15, -0.1) is 11.3 Å². The van der Waals surface area contributed by atoms with Gasteiger partial charge in [-0.2, -0.15) is 23.4 Å². The molecule has 3 aromatic heterocycles. The van der Waals surface area contributed by atoms with E-state index in [2.05, 4.69) is 15.5 Å². The normalized spacial score (nSPS) is 11.9. The van der Waals surface area contributed by atoms with Crippen LogP contribution in [-0.4, -0.2) is 25.5 Å². The van der Waals surface area contributed by atoms with Crippen LogP contribution in [0.15, 0.2) is 36.4 Å². The molecule has 30 heavy (non-hydrogen) atoms. The zero-order valence-corrected chi connectivity index (χ0v) is 17.2. The average molecular weight is 433 g/mol. The molecule has 1 aromatic carbocycles. The van der Waals surface area contributed by atoms with Crippen molar-refractivity contribution in [1.29, 1.82) is 0 Å².